The lowest BCUT2D eigenvalue weighted by atomic mass is 10.1. The minimum atomic E-state index is -7.02. The summed E-state index contributed by atoms with van der Waals surface area (Å²) in [5.41, 5.74) is -6.03. The molecular formula is C10H15F9O3Si. The molecule has 0 aliphatic carbocycles. The highest BCUT2D eigenvalue weighted by Gasteiger charge is 2.89. The Kier molecular flexibility index (Phi) is 6.98. The SMILES string of the molecule is CCO[Si](OCC)(OCC)C(F)(F)C(F)(F)C(F)(F)C(F)(F)F. The molecule has 0 radical (unpaired) electrons. The zero-order valence-electron chi connectivity index (χ0n) is 12.2. The number of halogens is 9. The van der Waals surface area contributed by atoms with E-state index in [2.05, 4.69) is 13.3 Å². The maximum absolute atomic E-state index is 14.1. The molecule has 23 heavy (non-hydrogen) atoms. The molecule has 0 rings (SSSR count). The molecule has 0 N–H and O–H groups in total. The molecule has 0 unspecified atom stereocenters. The second kappa shape index (κ2) is 7.15. The van der Waals surface area contributed by atoms with E-state index in [4.69, 9.17) is 0 Å². The minimum Gasteiger partial charge on any atom is -0.370 e. The van der Waals surface area contributed by atoms with Crippen molar-refractivity contribution in [3.05, 3.63) is 0 Å². The molecule has 0 aliphatic heterocycles. The predicted molar refractivity (Wildman–Crippen MR) is 61.5 cm³/mol. The molecule has 0 atom stereocenters. The van der Waals surface area contributed by atoms with Gasteiger partial charge in [0.25, 0.3) is 0 Å². The van der Waals surface area contributed by atoms with Crippen LogP contribution in [0.3, 0.4) is 0 Å². The third kappa shape index (κ3) is 3.61. The first-order valence-corrected chi connectivity index (χ1v) is 8.03. The largest absolute Gasteiger partial charge is 0.582 e. The number of hydrogen-bond acceptors (Lipinski definition) is 3. The minimum absolute atomic E-state index is 0.727. The highest BCUT2D eigenvalue weighted by Crippen LogP contribution is 2.56. The van der Waals surface area contributed by atoms with Crippen LogP contribution < -0.4 is 0 Å². The van der Waals surface area contributed by atoms with Gasteiger partial charge in [-0.1, -0.05) is 0 Å². The first kappa shape index (κ1) is 22.5. The van der Waals surface area contributed by atoms with Gasteiger partial charge in [0, 0.05) is 19.8 Å². The third-order valence-electron chi connectivity index (χ3n) is 2.53. The van der Waals surface area contributed by atoms with Crippen molar-refractivity contribution in [1.82, 2.24) is 0 Å². The van der Waals surface area contributed by atoms with Gasteiger partial charge in [0.2, 0.25) is 0 Å². The van der Waals surface area contributed by atoms with Crippen LogP contribution in [0.1, 0.15) is 20.8 Å². The molecular weight excluding hydrogens is 367 g/mol. The zero-order valence-corrected chi connectivity index (χ0v) is 13.2. The van der Waals surface area contributed by atoms with Gasteiger partial charge in [-0.3, -0.25) is 0 Å². The summed E-state index contributed by atoms with van der Waals surface area (Å²) in [5.74, 6) is -13.9. The summed E-state index contributed by atoms with van der Waals surface area (Å²) in [6.07, 6.45) is -6.91. The molecule has 13 heteroatoms. The van der Waals surface area contributed by atoms with Gasteiger partial charge in [0.1, 0.15) is 0 Å². The second-order valence-electron chi connectivity index (χ2n) is 4.08. The van der Waals surface area contributed by atoms with Crippen LogP contribution in [0.5, 0.6) is 0 Å². The van der Waals surface area contributed by atoms with Crippen molar-refractivity contribution in [1.29, 1.82) is 0 Å². The molecule has 0 aliphatic rings. The summed E-state index contributed by atoms with van der Waals surface area (Å²) >= 11 is 0. The zero-order chi connectivity index (χ0) is 18.7. The normalized spacial score (nSPS) is 15.1. The maximum atomic E-state index is 14.1. The van der Waals surface area contributed by atoms with Crippen LogP contribution in [-0.2, 0) is 13.3 Å². The average molecular weight is 382 g/mol. The predicted octanol–water partition coefficient (Wildman–Crippen LogP) is 4.04. The lowest BCUT2D eigenvalue weighted by Crippen LogP contribution is -2.74. The van der Waals surface area contributed by atoms with Crippen LogP contribution in [0.4, 0.5) is 39.5 Å². The van der Waals surface area contributed by atoms with Crippen LogP contribution in [0, 0.1) is 0 Å². The van der Waals surface area contributed by atoms with Crippen molar-refractivity contribution >= 4 is 8.80 Å². The van der Waals surface area contributed by atoms with Crippen molar-refractivity contribution in [3.8, 4) is 0 Å². The molecule has 0 aromatic heterocycles. The van der Waals surface area contributed by atoms with Gasteiger partial charge in [0.15, 0.2) is 0 Å². The van der Waals surface area contributed by atoms with Crippen molar-refractivity contribution in [3.63, 3.8) is 0 Å². The van der Waals surface area contributed by atoms with Crippen molar-refractivity contribution in [2.75, 3.05) is 19.8 Å². The fourth-order valence-corrected chi connectivity index (χ4v) is 4.01. The highest BCUT2D eigenvalue weighted by atomic mass is 28.4. The van der Waals surface area contributed by atoms with Crippen molar-refractivity contribution < 1.29 is 52.8 Å². The summed E-state index contributed by atoms with van der Waals surface area (Å²) in [7, 11) is -5.91. The first-order valence-electron chi connectivity index (χ1n) is 6.30. The van der Waals surface area contributed by atoms with E-state index < -0.39 is 52.2 Å². The Morgan fingerprint density at radius 3 is 1.13 bits per heavy atom. The molecule has 0 aromatic carbocycles. The molecule has 0 bridgehead atoms. The van der Waals surface area contributed by atoms with Gasteiger partial charge in [0.05, 0.1) is 0 Å². The van der Waals surface area contributed by atoms with Crippen molar-refractivity contribution in [2.24, 2.45) is 0 Å². The molecule has 0 amide bonds. The summed E-state index contributed by atoms with van der Waals surface area (Å²) in [4.78, 5) is 0. The average Bonchev–Trinajstić information content (AvgIpc) is 2.37. The molecule has 0 fully saturated rings. The third-order valence-corrected chi connectivity index (χ3v) is 5.62. The van der Waals surface area contributed by atoms with Gasteiger partial charge in [-0.2, -0.15) is 39.5 Å². The van der Waals surface area contributed by atoms with Crippen LogP contribution >= 0.6 is 0 Å². The number of alkyl halides is 9. The Bertz CT molecular complexity index is 365. The van der Waals surface area contributed by atoms with Gasteiger partial charge < -0.3 is 13.3 Å². The number of hydrogen-bond donors (Lipinski definition) is 0. The number of rotatable bonds is 9. The lowest BCUT2D eigenvalue weighted by Gasteiger charge is -2.40. The van der Waals surface area contributed by atoms with Gasteiger partial charge in [-0.15, -0.1) is 0 Å². The topological polar surface area (TPSA) is 27.7 Å². The van der Waals surface area contributed by atoms with Gasteiger partial charge in [-0.05, 0) is 20.8 Å². The molecule has 0 saturated carbocycles. The molecule has 0 spiro atoms. The van der Waals surface area contributed by atoms with E-state index in [1.807, 2.05) is 0 Å². The smallest absolute Gasteiger partial charge is 0.370 e. The standard InChI is InChI=1S/C10H15F9O3Si/c1-4-20-23(21-5-2,22-6-3)10(18,19)8(13,14)7(11,12)9(15,16)17/h4-6H2,1-3H3. The van der Waals surface area contributed by atoms with E-state index in [0.717, 1.165) is 20.8 Å². The van der Waals surface area contributed by atoms with E-state index >= 15 is 0 Å². The Balaban J connectivity index is 6.21. The van der Waals surface area contributed by atoms with Crippen molar-refractivity contribution in [2.45, 2.75) is 44.3 Å². The monoisotopic (exact) mass is 382 g/mol. The molecule has 3 nitrogen and oxygen atoms in total. The van der Waals surface area contributed by atoms with E-state index in [0.29, 0.717) is 0 Å². The fourth-order valence-electron chi connectivity index (χ4n) is 1.53. The Morgan fingerprint density at radius 2 is 0.913 bits per heavy atom. The van der Waals surface area contributed by atoms with Crippen LogP contribution in [0.2, 0.25) is 0 Å². The molecule has 0 heterocycles. The van der Waals surface area contributed by atoms with Crippen LogP contribution in [0.15, 0.2) is 0 Å². The van der Waals surface area contributed by atoms with E-state index in [9.17, 15) is 39.5 Å². The fraction of sp³-hybridized carbons (Fsp3) is 1.00. The first-order chi connectivity index (χ1) is 10.2. The second-order valence-corrected chi connectivity index (χ2v) is 6.68. The lowest BCUT2D eigenvalue weighted by molar-refractivity contribution is -0.389. The molecule has 0 aromatic rings. The van der Waals surface area contributed by atoms with Crippen LogP contribution in [-0.4, -0.2) is 52.2 Å². The molecule has 140 valence electrons. The quantitative estimate of drug-likeness (QED) is 0.445. The Hall–Kier alpha value is -0.533. The maximum Gasteiger partial charge on any atom is 0.582 e. The summed E-state index contributed by atoms with van der Waals surface area (Å²) in [6, 6.07) is 0. The van der Waals surface area contributed by atoms with Crippen LogP contribution in [0.25, 0.3) is 0 Å². The van der Waals surface area contributed by atoms with E-state index in [1.165, 1.54) is 0 Å². The highest BCUT2D eigenvalue weighted by molar-refractivity contribution is 6.63. The van der Waals surface area contributed by atoms with Gasteiger partial charge >= 0.3 is 32.4 Å². The summed E-state index contributed by atoms with van der Waals surface area (Å²) in [6.45, 7) is 0.933. The molecule has 0 saturated heterocycles. The Labute approximate surface area is 127 Å². The van der Waals surface area contributed by atoms with E-state index in [-0.39, 0.29) is 0 Å². The summed E-state index contributed by atoms with van der Waals surface area (Å²) < 4.78 is 130. The Morgan fingerprint density at radius 1 is 0.609 bits per heavy atom. The van der Waals surface area contributed by atoms with E-state index in [1.54, 1.807) is 0 Å². The summed E-state index contributed by atoms with van der Waals surface area (Å²) in [5, 5.41) is 0. The van der Waals surface area contributed by atoms with Gasteiger partial charge in [-0.25, -0.2) is 0 Å².